The Bertz CT molecular complexity index is 584. The van der Waals surface area contributed by atoms with Gasteiger partial charge in [-0.15, -0.1) is 0 Å². The van der Waals surface area contributed by atoms with Crippen LogP contribution in [0.25, 0.3) is 0 Å². The van der Waals surface area contributed by atoms with E-state index in [1.54, 1.807) is 0 Å². The van der Waals surface area contributed by atoms with Crippen LogP contribution in [0.15, 0.2) is 72.8 Å². The summed E-state index contributed by atoms with van der Waals surface area (Å²) in [6.45, 7) is 8.15. The second kappa shape index (κ2) is 8.85. The van der Waals surface area contributed by atoms with Crippen LogP contribution in [0.3, 0.4) is 0 Å². The van der Waals surface area contributed by atoms with Crippen molar-refractivity contribution in [3.63, 3.8) is 0 Å². The summed E-state index contributed by atoms with van der Waals surface area (Å²) in [6, 6.07) is 23.0. The molecule has 0 aliphatic rings. The maximum absolute atomic E-state index is 3.71. The Kier molecular flexibility index (Phi) is 6.81. The molecule has 2 heteroatoms. The lowest BCUT2D eigenvalue weighted by Crippen LogP contribution is -2.20. The molecule has 2 aromatic carbocycles. The first-order valence-corrected chi connectivity index (χ1v) is 12.2. The van der Waals surface area contributed by atoms with Crippen molar-refractivity contribution in [3.05, 3.63) is 83.9 Å². The predicted molar refractivity (Wildman–Crippen MR) is 104 cm³/mol. The molecule has 0 radical (unpaired) electrons. The fraction of sp³-hybridized carbons (Fsp3) is 0.333. The van der Waals surface area contributed by atoms with Crippen LogP contribution in [-0.2, 0) is 6.54 Å². The van der Waals surface area contributed by atoms with Crippen LogP contribution in [0.4, 0.5) is 0 Å². The molecule has 0 amide bonds. The zero-order valence-electron chi connectivity index (χ0n) is 14.6. The van der Waals surface area contributed by atoms with Crippen LogP contribution in [0.2, 0.25) is 25.7 Å². The molecule has 0 fully saturated rings. The molecule has 1 nitrogen and oxygen atoms in total. The highest BCUT2D eigenvalue weighted by Gasteiger charge is 2.11. The zero-order chi connectivity index (χ0) is 16.5. The van der Waals surface area contributed by atoms with Crippen LogP contribution >= 0.6 is 0 Å². The van der Waals surface area contributed by atoms with E-state index in [9.17, 15) is 0 Å². The van der Waals surface area contributed by atoms with Crippen LogP contribution in [-0.4, -0.2) is 8.07 Å². The van der Waals surface area contributed by atoms with E-state index >= 15 is 0 Å². The number of allylic oxidation sites excluding steroid dienone is 1. The van der Waals surface area contributed by atoms with Crippen LogP contribution in [0.5, 0.6) is 0 Å². The summed E-state index contributed by atoms with van der Waals surface area (Å²) in [7, 11) is -0.987. The third-order valence-electron chi connectivity index (χ3n) is 3.87. The van der Waals surface area contributed by atoms with E-state index in [2.05, 4.69) is 97.8 Å². The molecule has 2 aromatic rings. The molecule has 122 valence electrons. The van der Waals surface area contributed by atoms with Crippen molar-refractivity contribution in [1.29, 1.82) is 0 Å². The quantitative estimate of drug-likeness (QED) is 0.478. The van der Waals surface area contributed by atoms with E-state index < -0.39 is 8.07 Å². The second-order valence-electron chi connectivity index (χ2n) is 7.30. The third-order valence-corrected chi connectivity index (χ3v) is 5.33. The highest BCUT2D eigenvalue weighted by Crippen LogP contribution is 2.19. The highest BCUT2D eigenvalue weighted by atomic mass is 28.3. The average Bonchev–Trinajstić information content (AvgIpc) is 2.55. The second-order valence-corrected chi connectivity index (χ2v) is 12.8. The first kappa shape index (κ1) is 17.7. The van der Waals surface area contributed by atoms with Crippen molar-refractivity contribution in [3.8, 4) is 0 Å². The molecule has 2 rings (SSSR count). The van der Waals surface area contributed by atoms with Gasteiger partial charge >= 0.3 is 0 Å². The SMILES string of the molecule is C[Si](C)(C)C/C=C/CC(NCc1ccccc1)c1ccccc1. The highest BCUT2D eigenvalue weighted by molar-refractivity contribution is 6.76. The van der Waals surface area contributed by atoms with Crippen molar-refractivity contribution in [1.82, 2.24) is 5.32 Å². The summed E-state index contributed by atoms with van der Waals surface area (Å²) in [5.74, 6) is 0. The Labute approximate surface area is 142 Å². The minimum atomic E-state index is -0.987. The van der Waals surface area contributed by atoms with Crippen molar-refractivity contribution < 1.29 is 0 Å². The molecular weight excluding hydrogens is 294 g/mol. The summed E-state index contributed by atoms with van der Waals surface area (Å²) < 4.78 is 0. The van der Waals surface area contributed by atoms with Crippen molar-refractivity contribution in [2.45, 2.75) is 44.7 Å². The van der Waals surface area contributed by atoms with Crippen LogP contribution < -0.4 is 5.32 Å². The topological polar surface area (TPSA) is 12.0 Å². The lowest BCUT2D eigenvalue weighted by atomic mass is 10.0. The maximum atomic E-state index is 3.71. The van der Waals surface area contributed by atoms with Gasteiger partial charge in [-0.2, -0.15) is 0 Å². The van der Waals surface area contributed by atoms with Crippen molar-refractivity contribution in [2.24, 2.45) is 0 Å². The van der Waals surface area contributed by atoms with Gasteiger partial charge in [-0.25, -0.2) is 0 Å². The Morgan fingerprint density at radius 3 is 2.09 bits per heavy atom. The number of nitrogens with one attached hydrogen (secondary N) is 1. The number of hydrogen-bond acceptors (Lipinski definition) is 1. The lowest BCUT2D eigenvalue weighted by Gasteiger charge is -2.18. The van der Waals surface area contributed by atoms with E-state index in [0.717, 1.165) is 13.0 Å². The van der Waals surface area contributed by atoms with Crippen LogP contribution in [0.1, 0.15) is 23.6 Å². The number of hydrogen-bond donors (Lipinski definition) is 1. The lowest BCUT2D eigenvalue weighted by molar-refractivity contribution is 0.538. The first-order chi connectivity index (χ1) is 11.0. The molecule has 0 heterocycles. The molecule has 23 heavy (non-hydrogen) atoms. The van der Waals surface area contributed by atoms with Gasteiger partial charge in [0.2, 0.25) is 0 Å². The standard InChI is InChI=1S/C21H29NSi/c1-23(2,3)17-11-10-16-21(20-14-8-5-9-15-20)22-18-19-12-6-4-7-13-19/h4-15,21-22H,16-18H2,1-3H3/b11-10+. The summed E-state index contributed by atoms with van der Waals surface area (Å²) in [5.41, 5.74) is 2.69. The Balaban J connectivity index is 1.98. The third kappa shape index (κ3) is 6.98. The Hall–Kier alpha value is -1.64. The van der Waals surface area contributed by atoms with E-state index in [1.165, 1.54) is 17.2 Å². The van der Waals surface area contributed by atoms with Gasteiger partial charge in [-0.05, 0) is 23.6 Å². The number of rotatable bonds is 8. The van der Waals surface area contributed by atoms with Crippen molar-refractivity contribution in [2.75, 3.05) is 0 Å². The largest absolute Gasteiger partial charge is 0.306 e. The molecule has 1 atom stereocenters. The molecule has 0 saturated carbocycles. The molecule has 0 saturated heterocycles. The molecule has 0 aliphatic heterocycles. The Morgan fingerprint density at radius 2 is 1.48 bits per heavy atom. The molecule has 0 spiro atoms. The van der Waals surface area contributed by atoms with E-state index in [4.69, 9.17) is 0 Å². The summed E-state index contributed by atoms with van der Waals surface area (Å²) in [6.07, 6.45) is 5.78. The molecule has 1 N–H and O–H groups in total. The summed E-state index contributed by atoms with van der Waals surface area (Å²) in [5, 5.41) is 3.71. The Morgan fingerprint density at radius 1 is 0.870 bits per heavy atom. The fourth-order valence-corrected chi connectivity index (χ4v) is 3.40. The fourth-order valence-electron chi connectivity index (χ4n) is 2.53. The minimum Gasteiger partial charge on any atom is -0.306 e. The van der Waals surface area contributed by atoms with E-state index in [-0.39, 0.29) is 0 Å². The first-order valence-electron chi connectivity index (χ1n) is 8.52. The normalized spacial score (nSPS) is 13.3. The van der Waals surface area contributed by atoms with Gasteiger partial charge in [0.15, 0.2) is 0 Å². The molecule has 1 unspecified atom stereocenters. The molecule has 0 aliphatic carbocycles. The van der Waals surface area contributed by atoms with Gasteiger partial charge in [0.1, 0.15) is 0 Å². The summed E-state index contributed by atoms with van der Waals surface area (Å²) >= 11 is 0. The molecule has 0 bridgehead atoms. The summed E-state index contributed by atoms with van der Waals surface area (Å²) in [4.78, 5) is 0. The minimum absolute atomic E-state index is 0.370. The van der Waals surface area contributed by atoms with Gasteiger partial charge in [0.25, 0.3) is 0 Å². The van der Waals surface area contributed by atoms with E-state index in [0.29, 0.717) is 6.04 Å². The molecular formula is C21H29NSi. The van der Waals surface area contributed by atoms with Gasteiger partial charge in [-0.1, -0.05) is 92.5 Å². The van der Waals surface area contributed by atoms with Gasteiger partial charge in [-0.3, -0.25) is 0 Å². The van der Waals surface area contributed by atoms with E-state index in [1.807, 2.05) is 0 Å². The maximum Gasteiger partial charge on any atom is 0.0480 e. The molecule has 0 aromatic heterocycles. The smallest absolute Gasteiger partial charge is 0.0480 e. The average molecular weight is 324 g/mol. The van der Waals surface area contributed by atoms with Gasteiger partial charge in [0.05, 0.1) is 0 Å². The monoisotopic (exact) mass is 323 g/mol. The van der Waals surface area contributed by atoms with Crippen LogP contribution in [0, 0.1) is 0 Å². The van der Waals surface area contributed by atoms with Crippen molar-refractivity contribution >= 4 is 8.07 Å². The number of benzene rings is 2. The van der Waals surface area contributed by atoms with Gasteiger partial charge < -0.3 is 5.32 Å². The predicted octanol–water partition coefficient (Wildman–Crippen LogP) is 5.80. The van der Waals surface area contributed by atoms with Gasteiger partial charge in [0, 0.05) is 20.7 Å². The zero-order valence-corrected chi connectivity index (χ0v) is 15.6.